The molecule has 2 aliphatic rings. The minimum absolute atomic E-state index is 0.0277. The summed E-state index contributed by atoms with van der Waals surface area (Å²) in [5.74, 6) is 0.570. The fraction of sp³-hybridized carbons (Fsp3) is 0.500. The van der Waals surface area contributed by atoms with E-state index in [-0.39, 0.29) is 30.1 Å². The third kappa shape index (κ3) is 8.96. The Kier molecular flexibility index (Phi) is 10.6. The summed E-state index contributed by atoms with van der Waals surface area (Å²) in [6.45, 7) is 10.5. The van der Waals surface area contributed by atoms with Crippen molar-refractivity contribution < 1.29 is 19.1 Å². The number of hydrogen-bond donors (Lipinski definition) is 0. The van der Waals surface area contributed by atoms with Crippen molar-refractivity contribution in [2.75, 3.05) is 0 Å². The number of hydrogen-bond acceptors (Lipinski definition) is 4. The minimum atomic E-state index is -0.340. The molecule has 0 N–H and O–H groups in total. The van der Waals surface area contributed by atoms with Crippen molar-refractivity contribution in [3.05, 3.63) is 71.9 Å². The fourth-order valence-corrected chi connectivity index (χ4v) is 4.07. The van der Waals surface area contributed by atoms with E-state index in [1.54, 1.807) is 6.08 Å². The molecule has 0 amide bonds. The van der Waals surface area contributed by atoms with Gasteiger partial charge >= 0.3 is 5.97 Å². The Morgan fingerprint density at radius 2 is 2.00 bits per heavy atom. The predicted octanol–water partition coefficient (Wildman–Crippen LogP) is 6.22. The molecule has 0 aromatic rings. The van der Waals surface area contributed by atoms with E-state index in [1.807, 2.05) is 49.5 Å². The molecule has 4 nitrogen and oxygen atoms in total. The maximum absolute atomic E-state index is 12.5. The molecule has 0 aromatic heterocycles. The van der Waals surface area contributed by atoms with Crippen molar-refractivity contribution in [2.24, 2.45) is 11.8 Å². The molecule has 0 unspecified atom stereocenters. The van der Waals surface area contributed by atoms with Gasteiger partial charge < -0.3 is 9.47 Å². The van der Waals surface area contributed by atoms with Gasteiger partial charge in [-0.1, -0.05) is 67.5 Å². The van der Waals surface area contributed by atoms with Gasteiger partial charge in [0.2, 0.25) is 0 Å². The normalized spacial score (nSPS) is 28.6. The Balaban J connectivity index is 1.82. The zero-order valence-electron chi connectivity index (χ0n) is 20.1. The molecule has 174 valence electrons. The summed E-state index contributed by atoms with van der Waals surface area (Å²) >= 11 is 0. The van der Waals surface area contributed by atoms with Gasteiger partial charge in [0.15, 0.2) is 5.78 Å². The third-order valence-corrected chi connectivity index (χ3v) is 5.76. The van der Waals surface area contributed by atoms with E-state index in [0.717, 1.165) is 31.3 Å². The van der Waals surface area contributed by atoms with Crippen molar-refractivity contribution in [3.8, 4) is 0 Å². The second-order valence-corrected chi connectivity index (χ2v) is 9.01. The highest BCUT2D eigenvalue weighted by Gasteiger charge is 2.29. The van der Waals surface area contributed by atoms with Crippen LogP contribution < -0.4 is 0 Å². The van der Waals surface area contributed by atoms with Crippen LogP contribution in [0.25, 0.3) is 0 Å². The third-order valence-electron chi connectivity index (χ3n) is 5.76. The van der Waals surface area contributed by atoms with E-state index in [4.69, 9.17) is 9.47 Å². The maximum Gasteiger partial charge on any atom is 0.331 e. The fourth-order valence-electron chi connectivity index (χ4n) is 4.07. The average Bonchev–Trinajstić information content (AvgIpc) is 2.73. The summed E-state index contributed by atoms with van der Waals surface area (Å²) in [7, 11) is 0. The van der Waals surface area contributed by atoms with E-state index in [0.29, 0.717) is 11.8 Å². The monoisotopic (exact) mass is 438 g/mol. The number of carbonyl (C=O) groups excluding carboxylic acids is 2. The van der Waals surface area contributed by atoms with Crippen molar-refractivity contribution in [1.29, 1.82) is 0 Å². The van der Waals surface area contributed by atoms with Crippen LogP contribution in [0.5, 0.6) is 0 Å². The largest absolute Gasteiger partial charge is 0.455 e. The van der Waals surface area contributed by atoms with Crippen LogP contribution in [0.3, 0.4) is 0 Å². The SMILES string of the molecule is C/C=C/[C@@H]1O[C@H](C(=O)/C=C/C=C(\C)C[C@@H](C)/C=C(C)\C=C\[C@H]2CC=CC(=O)O2)CC[C@@H]1C. The molecule has 0 spiro atoms. The lowest BCUT2D eigenvalue weighted by Crippen LogP contribution is -2.36. The number of esters is 1. The molecular formula is C28H38O4. The van der Waals surface area contributed by atoms with E-state index in [2.05, 4.69) is 33.8 Å². The summed E-state index contributed by atoms with van der Waals surface area (Å²) in [5, 5.41) is 0. The van der Waals surface area contributed by atoms with E-state index >= 15 is 0 Å². The predicted molar refractivity (Wildman–Crippen MR) is 130 cm³/mol. The summed E-state index contributed by atoms with van der Waals surface area (Å²) in [6, 6.07) is 0. The summed E-state index contributed by atoms with van der Waals surface area (Å²) in [5.41, 5.74) is 2.35. The molecule has 1 fully saturated rings. The summed E-state index contributed by atoms with van der Waals surface area (Å²) < 4.78 is 11.2. The molecule has 32 heavy (non-hydrogen) atoms. The number of allylic oxidation sites excluding steroid dienone is 7. The van der Waals surface area contributed by atoms with Gasteiger partial charge in [0.25, 0.3) is 0 Å². The lowest BCUT2D eigenvalue weighted by molar-refractivity contribution is -0.141. The molecule has 5 atom stereocenters. The van der Waals surface area contributed by atoms with Gasteiger partial charge in [-0.2, -0.15) is 0 Å². The highest BCUT2D eigenvalue weighted by atomic mass is 16.5. The second-order valence-electron chi connectivity index (χ2n) is 9.01. The zero-order valence-corrected chi connectivity index (χ0v) is 20.1. The first-order chi connectivity index (χ1) is 15.3. The second kappa shape index (κ2) is 13.2. The summed E-state index contributed by atoms with van der Waals surface area (Å²) in [4.78, 5) is 23.8. The van der Waals surface area contributed by atoms with E-state index in [9.17, 15) is 9.59 Å². The van der Waals surface area contributed by atoms with E-state index in [1.165, 1.54) is 11.6 Å². The topological polar surface area (TPSA) is 52.6 Å². The van der Waals surface area contributed by atoms with Crippen LogP contribution in [0.4, 0.5) is 0 Å². The molecule has 0 saturated carbocycles. The molecule has 1 saturated heterocycles. The molecule has 0 radical (unpaired) electrons. The van der Waals surface area contributed by atoms with Crippen molar-refractivity contribution >= 4 is 11.8 Å². The number of ether oxygens (including phenoxy) is 2. The number of cyclic esters (lactones) is 1. The van der Waals surface area contributed by atoms with Crippen LogP contribution in [-0.4, -0.2) is 30.1 Å². The Labute approximate surface area is 193 Å². The molecule has 0 aromatic carbocycles. The van der Waals surface area contributed by atoms with Crippen LogP contribution in [0, 0.1) is 11.8 Å². The number of ketones is 1. The van der Waals surface area contributed by atoms with Gasteiger partial charge in [-0.3, -0.25) is 4.79 Å². The van der Waals surface area contributed by atoms with Crippen LogP contribution in [0.2, 0.25) is 0 Å². The number of rotatable bonds is 9. The molecule has 2 aliphatic heterocycles. The number of carbonyl (C=O) groups is 2. The Bertz CT molecular complexity index is 824. The van der Waals surface area contributed by atoms with Crippen LogP contribution in [0.15, 0.2) is 71.9 Å². The van der Waals surface area contributed by atoms with Crippen LogP contribution >= 0.6 is 0 Å². The molecule has 4 heteroatoms. The molecule has 2 rings (SSSR count). The highest BCUT2D eigenvalue weighted by Crippen LogP contribution is 2.26. The molecule has 0 aliphatic carbocycles. The highest BCUT2D eigenvalue weighted by molar-refractivity contribution is 5.93. The van der Waals surface area contributed by atoms with Crippen molar-refractivity contribution in [1.82, 2.24) is 0 Å². The summed E-state index contributed by atoms with van der Waals surface area (Å²) in [6.07, 6.45) is 21.9. The van der Waals surface area contributed by atoms with Crippen molar-refractivity contribution in [2.45, 2.75) is 78.6 Å². The Morgan fingerprint density at radius 3 is 2.72 bits per heavy atom. The van der Waals surface area contributed by atoms with Gasteiger partial charge in [0.05, 0.1) is 6.10 Å². The van der Waals surface area contributed by atoms with Gasteiger partial charge in [-0.05, 0) is 64.0 Å². The van der Waals surface area contributed by atoms with Crippen molar-refractivity contribution in [3.63, 3.8) is 0 Å². The van der Waals surface area contributed by atoms with Crippen LogP contribution in [0.1, 0.15) is 60.3 Å². The van der Waals surface area contributed by atoms with Gasteiger partial charge in [0.1, 0.15) is 12.2 Å². The first-order valence-corrected chi connectivity index (χ1v) is 11.7. The first kappa shape index (κ1) is 25.8. The lowest BCUT2D eigenvalue weighted by Gasteiger charge is -2.32. The average molecular weight is 439 g/mol. The Morgan fingerprint density at radius 1 is 1.22 bits per heavy atom. The van der Waals surface area contributed by atoms with E-state index < -0.39 is 0 Å². The maximum atomic E-state index is 12.5. The lowest BCUT2D eigenvalue weighted by atomic mass is 9.91. The van der Waals surface area contributed by atoms with Gasteiger partial charge in [0, 0.05) is 12.5 Å². The minimum Gasteiger partial charge on any atom is -0.455 e. The molecule has 0 bridgehead atoms. The molecule has 2 heterocycles. The zero-order chi connectivity index (χ0) is 23.5. The smallest absolute Gasteiger partial charge is 0.331 e. The Hall–Kier alpha value is -2.46. The quantitative estimate of drug-likeness (QED) is 0.186. The van der Waals surface area contributed by atoms with Crippen LogP contribution in [-0.2, 0) is 19.1 Å². The first-order valence-electron chi connectivity index (χ1n) is 11.7. The van der Waals surface area contributed by atoms with Gasteiger partial charge in [-0.15, -0.1) is 0 Å². The van der Waals surface area contributed by atoms with Gasteiger partial charge in [-0.25, -0.2) is 4.79 Å². The standard InChI is InChI=1S/C28H38O4/c1-6-9-26-23(5)15-17-27(32-26)25(29)12-7-10-20(2)18-22(4)19-21(3)14-16-24-11-8-13-28(30)31-24/h6-10,12-14,16,19,22-24,26-27H,11,15,17-18H2,1-5H3/b9-6+,12-7+,16-14+,20-10+,21-19-/t22-,23+,24-,26+,27+/m1/s1. The molecular weight excluding hydrogens is 400 g/mol.